The normalized spacial score (nSPS) is 16.1. The van der Waals surface area contributed by atoms with E-state index in [0.717, 1.165) is 22.5 Å². The molecule has 0 fully saturated rings. The number of para-hydroxylation sites is 1. The number of fused-ring (bicyclic) bond motifs is 1. The largest absolute Gasteiger partial charge is 0.361 e. The highest BCUT2D eigenvalue weighted by Crippen LogP contribution is 2.38. The fourth-order valence-electron chi connectivity index (χ4n) is 3.02. The molecule has 4 rings (SSSR count). The molecule has 1 N–H and O–H groups in total. The van der Waals surface area contributed by atoms with E-state index in [-0.39, 0.29) is 12.1 Å². The van der Waals surface area contributed by atoms with Crippen molar-refractivity contribution in [3.8, 4) is 0 Å². The fraction of sp³-hybridized carbons (Fsp3) is 0.0500. The quantitative estimate of drug-likeness (QED) is 0.721. The van der Waals surface area contributed by atoms with E-state index in [1.807, 2.05) is 66.7 Å². The van der Waals surface area contributed by atoms with Crippen molar-refractivity contribution in [3.63, 3.8) is 0 Å². The first kappa shape index (κ1) is 14.8. The molecule has 24 heavy (non-hydrogen) atoms. The molecule has 1 atom stereocenters. The van der Waals surface area contributed by atoms with Gasteiger partial charge in [0.2, 0.25) is 0 Å². The summed E-state index contributed by atoms with van der Waals surface area (Å²) in [6.07, 6.45) is -0.253. The van der Waals surface area contributed by atoms with Gasteiger partial charge in [0.05, 0.1) is 0 Å². The maximum Gasteiger partial charge on any atom is 0.260 e. The van der Waals surface area contributed by atoms with Gasteiger partial charge < -0.3 is 5.32 Å². The first-order chi connectivity index (χ1) is 11.7. The van der Waals surface area contributed by atoms with Gasteiger partial charge in [-0.3, -0.25) is 9.69 Å². The Morgan fingerprint density at radius 3 is 2.25 bits per heavy atom. The molecule has 3 aromatic rings. The molecule has 0 bridgehead atoms. The van der Waals surface area contributed by atoms with Crippen molar-refractivity contribution in [1.82, 2.24) is 0 Å². The van der Waals surface area contributed by atoms with Crippen molar-refractivity contribution in [1.29, 1.82) is 0 Å². The minimum absolute atomic E-state index is 0.0126. The van der Waals surface area contributed by atoms with Gasteiger partial charge in [0, 0.05) is 27.5 Å². The van der Waals surface area contributed by atoms with Gasteiger partial charge in [-0.15, -0.1) is 0 Å². The number of rotatable bonds is 3. The second-order valence-electron chi connectivity index (χ2n) is 5.65. The first-order valence-corrected chi connectivity index (χ1v) is 8.11. The van der Waals surface area contributed by atoms with E-state index >= 15 is 0 Å². The second-order valence-corrected chi connectivity index (χ2v) is 6.09. The summed E-state index contributed by atoms with van der Waals surface area (Å²) in [5.41, 5.74) is 3.47. The van der Waals surface area contributed by atoms with Gasteiger partial charge in [-0.2, -0.15) is 0 Å². The van der Waals surface area contributed by atoms with Crippen molar-refractivity contribution < 1.29 is 4.79 Å². The number of nitrogens with zero attached hydrogens (tertiary/aromatic N) is 1. The van der Waals surface area contributed by atoms with Crippen molar-refractivity contribution in [2.24, 2.45) is 0 Å². The molecule has 1 amide bonds. The number of hydrogen-bond donors (Lipinski definition) is 1. The number of nitrogens with one attached hydrogen (secondary N) is 1. The second kappa shape index (κ2) is 6.02. The topological polar surface area (TPSA) is 32.3 Å². The maximum absolute atomic E-state index is 12.9. The van der Waals surface area contributed by atoms with E-state index in [9.17, 15) is 4.79 Å². The number of anilines is 2. The van der Waals surface area contributed by atoms with Crippen LogP contribution in [0.4, 0.5) is 11.4 Å². The zero-order valence-corrected chi connectivity index (χ0v) is 13.6. The summed E-state index contributed by atoms with van der Waals surface area (Å²) in [5, 5.41) is 4.11. The lowest BCUT2D eigenvalue weighted by atomic mass is 10.1. The first-order valence-electron chi connectivity index (χ1n) is 7.74. The van der Waals surface area contributed by atoms with Gasteiger partial charge in [-0.25, -0.2) is 0 Å². The van der Waals surface area contributed by atoms with Crippen LogP contribution in [0.3, 0.4) is 0 Å². The van der Waals surface area contributed by atoms with Crippen molar-refractivity contribution in [2.45, 2.75) is 6.17 Å². The Balaban J connectivity index is 1.79. The number of carbonyl (C=O) groups excluding carboxylic acids is 1. The summed E-state index contributed by atoms with van der Waals surface area (Å²) in [4.78, 5) is 14.7. The molecular weight excluding hydrogens is 320 g/mol. The summed E-state index contributed by atoms with van der Waals surface area (Å²) in [5.74, 6) is -0.0126. The van der Waals surface area contributed by atoms with Gasteiger partial charge in [0.15, 0.2) is 0 Å². The molecule has 4 heteroatoms. The van der Waals surface area contributed by atoms with Gasteiger partial charge in [-0.05, 0) is 42.5 Å². The van der Waals surface area contributed by atoms with Crippen LogP contribution < -0.4 is 10.2 Å². The van der Waals surface area contributed by atoms with Gasteiger partial charge in [0.25, 0.3) is 5.91 Å². The zero-order valence-electron chi connectivity index (χ0n) is 12.8. The van der Waals surface area contributed by atoms with Crippen LogP contribution in [0.1, 0.15) is 22.1 Å². The highest BCUT2D eigenvalue weighted by Gasteiger charge is 2.37. The van der Waals surface area contributed by atoms with E-state index in [0.29, 0.717) is 5.02 Å². The van der Waals surface area contributed by atoms with E-state index in [1.54, 1.807) is 17.0 Å². The van der Waals surface area contributed by atoms with Crippen LogP contribution >= 0.6 is 11.6 Å². The van der Waals surface area contributed by atoms with Crippen molar-refractivity contribution >= 4 is 28.9 Å². The third kappa shape index (κ3) is 2.53. The summed E-state index contributed by atoms with van der Waals surface area (Å²) in [6.45, 7) is 0. The van der Waals surface area contributed by atoms with Gasteiger partial charge >= 0.3 is 0 Å². The van der Waals surface area contributed by atoms with Crippen molar-refractivity contribution in [3.05, 3.63) is 95.0 Å². The molecule has 0 spiro atoms. The van der Waals surface area contributed by atoms with E-state index in [4.69, 9.17) is 11.6 Å². The van der Waals surface area contributed by atoms with Gasteiger partial charge in [0.1, 0.15) is 6.17 Å². The Morgan fingerprint density at radius 1 is 0.833 bits per heavy atom. The lowest BCUT2D eigenvalue weighted by Gasteiger charge is -2.27. The highest BCUT2D eigenvalue weighted by molar-refractivity contribution is 6.30. The molecule has 3 aromatic carbocycles. The number of carbonyl (C=O) groups is 1. The van der Waals surface area contributed by atoms with Crippen LogP contribution in [0.15, 0.2) is 78.9 Å². The molecule has 0 unspecified atom stereocenters. The van der Waals surface area contributed by atoms with E-state index in [2.05, 4.69) is 5.32 Å². The third-order valence-corrected chi connectivity index (χ3v) is 4.40. The van der Waals surface area contributed by atoms with Crippen molar-refractivity contribution in [2.75, 3.05) is 10.2 Å². The fourth-order valence-corrected chi connectivity index (χ4v) is 3.14. The third-order valence-electron chi connectivity index (χ3n) is 4.14. The molecule has 0 saturated heterocycles. The number of amides is 1. The lowest BCUT2D eigenvalue weighted by Crippen LogP contribution is -2.32. The summed E-state index contributed by atoms with van der Waals surface area (Å²) in [7, 11) is 0. The average molecular weight is 335 g/mol. The summed E-state index contributed by atoms with van der Waals surface area (Å²) < 4.78 is 0. The molecule has 0 aromatic heterocycles. The molecule has 0 aliphatic carbocycles. The molecular formula is C20H15ClN2O. The molecule has 1 heterocycles. The summed E-state index contributed by atoms with van der Waals surface area (Å²) >= 11 is 5.99. The Bertz CT molecular complexity index is 878. The highest BCUT2D eigenvalue weighted by atomic mass is 35.5. The molecule has 0 saturated carbocycles. The minimum Gasteiger partial charge on any atom is -0.361 e. The van der Waals surface area contributed by atoms with Crippen LogP contribution in [0.25, 0.3) is 0 Å². The Kier molecular flexibility index (Phi) is 3.71. The maximum atomic E-state index is 12.9. The molecule has 1 aliphatic rings. The van der Waals surface area contributed by atoms with E-state index < -0.39 is 0 Å². The van der Waals surface area contributed by atoms with Crippen LogP contribution in [0.5, 0.6) is 0 Å². The number of halogens is 1. The monoisotopic (exact) mass is 334 g/mol. The van der Waals surface area contributed by atoms with Crippen LogP contribution in [0.2, 0.25) is 5.02 Å². The SMILES string of the molecule is O=C1c2ccccc2[C@@H](Nc2ccccc2)N1c1ccc(Cl)cc1. The molecule has 1 aliphatic heterocycles. The predicted molar refractivity (Wildman–Crippen MR) is 97.5 cm³/mol. The van der Waals surface area contributed by atoms with Gasteiger partial charge in [-0.1, -0.05) is 48.0 Å². The number of hydrogen-bond acceptors (Lipinski definition) is 2. The lowest BCUT2D eigenvalue weighted by molar-refractivity contribution is 0.0993. The molecule has 3 nitrogen and oxygen atoms in total. The molecule has 0 radical (unpaired) electrons. The Hall–Kier alpha value is -2.78. The van der Waals surface area contributed by atoms with E-state index in [1.165, 1.54) is 0 Å². The van der Waals surface area contributed by atoms with Crippen LogP contribution in [0, 0.1) is 0 Å². The standard InChI is InChI=1S/C20H15ClN2O/c21-14-10-12-16(13-11-14)23-19(22-15-6-2-1-3-7-15)17-8-4-5-9-18(17)20(23)24/h1-13,19,22H/t19-/m0/s1. The Labute approximate surface area is 145 Å². The predicted octanol–water partition coefficient (Wildman–Crippen LogP) is 5.11. The zero-order chi connectivity index (χ0) is 16.5. The van der Waals surface area contributed by atoms with Crippen LogP contribution in [-0.2, 0) is 0 Å². The minimum atomic E-state index is -0.253. The molecule has 118 valence electrons. The van der Waals surface area contributed by atoms with Crippen LogP contribution in [-0.4, -0.2) is 5.91 Å². The number of benzene rings is 3. The summed E-state index contributed by atoms with van der Waals surface area (Å²) in [6, 6.07) is 24.9. The Morgan fingerprint density at radius 2 is 1.50 bits per heavy atom. The smallest absolute Gasteiger partial charge is 0.260 e. The average Bonchev–Trinajstić information content (AvgIpc) is 2.89.